The normalized spacial score (nSPS) is 13.3. The third-order valence-corrected chi connectivity index (χ3v) is 4.09. The van der Waals surface area contributed by atoms with E-state index in [1.165, 1.54) is 17.5 Å². The molecule has 0 N–H and O–H groups in total. The van der Waals surface area contributed by atoms with Crippen molar-refractivity contribution in [1.82, 2.24) is 9.80 Å². The summed E-state index contributed by atoms with van der Waals surface area (Å²) in [6.45, 7) is 3.25. The molecule has 1 aliphatic carbocycles. The zero-order valence-electron chi connectivity index (χ0n) is 13.2. The first-order valence-electron chi connectivity index (χ1n) is 7.58. The second-order valence-corrected chi connectivity index (χ2v) is 5.85. The molecule has 114 valence electrons. The number of likely N-dealkylation sites (N-methyl/N-ethyl adjacent to an activating group) is 2. The highest BCUT2D eigenvalue weighted by molar-refractivity contribution is 5.98. The lowest BCUT2D eigenvalue weighted by Gasteiger charge is -2.21. The molecule has 0 saturated heterocycles. The van der Waals surface area contributed by atoms with Gasteiger partial charge >= 0.3 is 0 Å². The van der Waals surface area contributed by atoms with Gasteiger partial charge in [-0.05, 0) is 43.0 Å². The number of nitrogens with zero attached hydrogens (tertiary/aromatic N) is 2. The topological polar surface area (TPSA) is 40.6 Å². The van der Waals surface area contributed by atoms with Crippen molar-refractivity contribution in [2.45, 2.75) is 26.2 Å². The average Bonchev–Trinajstić information content (AvgIpc) is 2.93. The van der Waals surface area contributed by atoms with Crippen LogP contribution in [0.1, 0.15) is 34.8 Å². The molecule has 1 aromatic carbocycles. The molecule has 0 aliphatic heterocycles. The Hall–Kier alpha value is -1.68. The third-order valence-electron chi connectivity index (χ3n) is 4.09. The van der Waals surface area contributed by atoms with Gasteiger partial charge in [-0.25, -0.2) is 0 Å². The molecule has 0 atom stereocenters. The van der Waals surface area contributed by atoms with E-state index in [0.717, 1.165) is 18.4 Å². The zero-order chi connectivity index (χ0) is 15.4. The maximum Gasteiger partial charge on any atom is 0.236 e. The number of ketones is 1. The molecule has 4 heteroatoms. The molecule has 2 rings (SSSR count). The number of hydrogen-bond acceptors (Lipinski definition) is 3. The largest absolute Gasteiger partial charge is 0.348 e. The number of Topliss-reactive ketones (excluding diaryl/α,β-unsaturated/α-hetero) is 1. The highest BCUT2D eigenvalue weighted by Crippen LogP contribution is 2.23. The van der Waals surface area contributed by atoms with Crippen molar-refractivity contribution in [2.24, 2.45) is 0 Å². The highest BCUT2D eigenvalue weighted by atomic mass is 16.2. The van der Waals surface area contributed by atoms with E-state index in [1.54, 1.807) is 19.0 Å². The molecule has 0 heterocycles. The van der Waals surface area contributed by atoms with E-state index >= 15 is 0 Å². The van der Waals surface area contributed by atoms with Crippen molar-refractivity contribution in [3.8, 4) is 0 Å². The van der Waals surface area contributed by atoms with Gasteiger partial charge in [-0.1, -0.05) is 19.1 Å². The minimum Gasteiger partial charge on any atom is -0.348 e. The van der Waals surface area contributed by atoms with Crippen molar-refractivity contribution in [3.63, 3.8) is 0 Å². The third kappa shape index (κ3) is 3.91. The van der Waals surface area contributed by atoms with E-state index in [0.29, 0.717) is 19.6 Å². The summed E-state index contributed by atoms with van der Waals surface area (Å²) in [7, 11) is 3.47. The quantitative estimate of drug-likeness (QED) is 0.749. The molecule has 0 unspecified atom stereocenters. The molecule has 1 aliphatic rings. The highest BCUT2D eigenvalue weighted by Gasteiger charge is 2.17. The maximum absolute atomic E-state index is 12.4. The first-order valence-corrected chi connectivity index (χ1v) is 7.58. The second kappa shape index (κ2) is 6.85. The van der Waals surface area contributed by atoms with Gasteiger partial charge in [0.15, 0.2) is 5.78 Å². The summed E-state index contributed by atoms with van der Waals surface area (Å²) in [5.41, 5.74) is 3.46. The van der Waals surface area contributed by atoms with Crippen LogP contribution in [-0.4, -0.2) is 55.2 Å². The molecule has 0 fully saturated rings. The van der Waals surface area contributed by atoms with Crippen LogP contribution in [0.2, 0.25) is 0 Å². The van der Waals surface area contributed by atoms with E-state index in [-0.39, 0.29) is 11.7 Å². The Labute approximate surface area is 126 Å². The number of aryl methyl sites for hydroxylation is 2. The Morgan fingerprint density at radius 3 is 2.48 bits per heavy atom. The summed E-state index contributed by atoms with van der Waals surface area (Å²) in [5, 5.41) is 0. The predicted molar refractivity (Wildman–Crippen MR) is 83.6 cm³/mol. The number of amides is 1. The first kappa shape index (κ1) is 15.7. The van der Waals surface area contributed by atoms with Crippen molar-refractivity contribution >= 4 is 11.7 Å². The summed E-state index contributed by atoms with van der Waals surface area (Å²) in [4.78, 5) is 27.6. The minimum atomic E-state index is 0.0265. The SMILES string of the molecule is CCN(CC(=O)c1ccc2c(c1)CCC2)CC(=O)N(C)C. The second-order valence-electron chi connectivity index (χ2n) is 5.85. The fraction of sp³-hybridized carbons (Fsp3) is 0.529. The van der Waals surface area contributed by atoms with Crippen LogP contribution in [0.25, 0.3) is 0 Å². The summed E-state index contributed by atoms with van der Waals surface area (Å²) in [5.74, 6) is 0.122. The molecule has 0 radical (unpaired) electrons. The lowest BCUT2D eigenvalue weighted by Crippen LogP contribution is -2.39. The smallest absolute Gasteiger partial charge is 0.236 e. The van der Waals surface area contributed by atoms with Gasteiger partial charge in [-0.3, -0.25) is 14.5 Å². The Morgan fingerprint density at radius 2 is 1.81 bits per heavy atom. The molecule has 1 aromatic rings. The zero-order valence-corrected chi connectivity index (χ0v) is 13.2. The molecular formula is C17H24N2O2. The summed E-state index contributed by atoms with van der Waals surface area (Å²) in [6, 6.07) is 6.04. The van der Waals surface area contributed by atoms with Crippen molar-refractivity contribution in [3.05, 3.63) is 34.9 Å². The van der Waals surface area contributed by atoms with E-state index < -0.39 is 0 Å². The van der Waals surface area contributed by atoms with E-state index in [1.807, 2.05) is 24.0 Å². The lowest BCUT2D eigenvalue weighted by molar-refractivity contribution is -0.129. The number of hydrogen-bond donors (Lipinski definition) is 0. The Balaban J connectivity index is 2.01. The Bertz CT molecular complexity index is 538. The summed E-state index contributed by atoms with van der Waals surface area (Å²) >= 11 is 0. The predicted octanol–water partition coefficient (Wildman–Crippen LogP) is 1.77. The van der Waals surface area contributed by atoms with Crippen LogP contribution in [0.4, 0.5) is 0 Å². The van der Waals surface area contributed by atoms with Crippen LogP contribution < -0.4 is 0 Å². The number of carbonyl (C=O) groups excluding carboxylic acids is 2. The monoisotopic (exact) mass is 288 g/mol. The fourth-order valence-corrected chi connectivity index (χ4v) is 2.65. The van der Waals surface area contributed by atoms with Gasteiger partial charge in [-0.2, -0.15) is 0 Å². The lowest BCUT2D eigenvalue weighted by atomic mass is 10.0. The summed E-state index contributed by atoms with van der Waals surface area (Å²) in [6.07, 6.45) is 3.39. The molecule has 0 spiro atoms. The average molecular weight is 288 g/mol. The standard InChI is InChI=1S/C17H24N2O2/c1-4-19(12-17(21)18(2)3)11-16(20)15-9-8-13-6-5-7-14(13)10-15/h8-10H,4-7,11-12H2,1-3H3. The first-order chi connectivity index (χ1) is 10.0. The van der Waals surface area contributed by atoms with Gasteiger partial charge in [-0.15, -0.1) is 0 Å². The molecule has 0 saturated carbocycles. The Kier molecular flexibility index (Phi) is 5.12. The van der Waals surface area contributed by atoms with Crippen molar-refractivity contribution in [1.29, 1.82) is 0 Å². The number of carbonyl (C=O) groups is 2. The number of benzene rings is 1. The van der Waals surface area contributed by atoms with Crippen molar-refractivity contribution in [2.75, 3.05) is 33.7 Å². The van der Waals surface area contributed by atoms with Crippen LogP contribution >= 0.6 is 0 Å². The van der Waals surface area contributed by atoms with Crippen LogP contribution in [0.3, 0.4) is 0 Å². The maximum atomic E-state index is 12.4. The van der Waals surface area contributed by atoms with E-state index in [4.69, 9.17) is 0 Å². The molecular weight excluding hydrogens is 264 g/mol. The van der Waals surface area contributed by atoms with Crippen LogP contribution in [0.5, 0.6) is 0 Å². The molecule has 21 heavy (non-hydrogen) atoms. The molecule has 4 nitrogen and oxygen atoms in total. The summed E-state index contributed by atoms with van der Waals surface area (Å²) < 4.78 is 0. The van der Waals surface area contributed by atoms with Gasteiger partial charge in [0, 0.05) is 19.7 Å². The van der Waals surface area contributed by atoms with Gasteiger partial charge in [0.1, 0.15) is 0 Å². The van der Waals surface area contributed by atoms with Gasteiger partial charge in [0.05, 0.1) is 13.1 Å². The fourth-order valence-electron chi connectivity index (χ4n) is 2.65. The Morgan fingerprint density at radius 1 is 1.10 bits per heavy atom. The number of rotatable bonds is 6. The van der Waals surface area contributed by atoms with Gasteiger partial charge in [0.25, 0.3) is 0 Å². The van der Waals surface area contributed by atoms with E-state index in [9.17, 15) is 9.59 Å². The van der Waals surface area contributed by atoms with Crippen LogP contribution in [-0.2, 0) is 17.6 Å². The number of fused-ring (bicyclic) bond motifs is 1. The minimum absolute atomic E-state index is 0.0265. The molecule has 0 aromatic heterocycles. The van der Waals surface area contributed by atoms with Crippen molar-refractivity contribution < 1.29 is 9.59 Å². The molecule has 0 bridgehead atoms. The van der Waals surface area contributed by atoms with Crippen LogP contribution in [0, 0.1) is 0 Å². The van der Waals surface area contributed by atoms with Gasteiger partial charge < -0.3 is 4.90 Å². The van der Waals surface area contributed by atoms with Gasteiger partial charge in [0.2, 0.25) is 5.91 Å². The molecule has 1 amide bonds. The van der Waals surface area contributed by atoms with E-state index in [2.05, 4.69) is 6.07 Å². The van der Waals surface area contributed by atoms with Crippen LogP contribution in [0.15, 0.2) is 18.2 Å².